The Morgan fingerprint density at radius 2 is 1.69 bits per heavy atom. The Labute approximate surface area is 91.8 Å². The smallest absolute Gasteiger partial charge is 0.323 e. The molecule has 0 aliphatic carbocycles. The van der Waals surface area contributed by atoms with Gasteiger partial charge in [0.2, 0.25) is 5.91 Å². The first-order valence-corrected chi connectivity index (χ1v) is 4.30. The summed E-state index contributed by atoms with van der Waals surface area (Å²) in [6.07, 6.45) is 4.86. The van der Waals surface area contributed by atoms with Gasteiger partial charge < -0.3 is 20.8 Å². The number of amides is 1. The number of terminal acetylenes is 1. The van der Waals surface area contributed by atoms with Gasteiger partial charge in [-0.15, -0.1) is 12.3 Å². The lowest BCUT2D eigenvalue weighted by atomic mass is 10.2. The van der Waals surface area contributed by atoms with Crippen molar-refractivity contribution in [2.45, 2.75) is 12.5 Å². The van der Waals surface area contributed by atoms with Crippen LogP contribution in [0.1, 0.15) is 6.42 Å². The fourth-order valence-corrected chi connectivity index (χ4v) is 0.987. The molecule has 0 saturated heterocycles. The van der Waals surface area contributed by atoms with Crippen LogP contribution in [-0.2, 0) is 14.4 Å². The molecule has 16 heavy (non-hydrogen) atoms. The molecule has 0 rings (SSSR count). The standard InChI is InChI=1S/C9H12N2O5/c1-2-3-6(10)9(16)11(4-7(12)13)5-8(14)15/h1,6H,3-5,10H2,(H,12,13)(H,14,15). The highest BCUT2D eigenvalue weighted by Crippen LogP contribution is 1.97. The Morgan fingerprint density at radius 3 is 2.00 bits per heavy atom. The van der Waals surface area contributed by atoms with Crippen LogP contribution < -0.4 is 5.73 Å². The van der Waals surface area contributed by atoms with Gasteiger partial charge in [-0.2, -0.15) is 0 Å². The number of hydrogen-bond donors (Lipinski definition) is 3. The van der Waals surface area contributed by atoms with Crippen molar-refractivity contribution in [3.05, 3.63) is 0 Å². The zero-order valence-corrected chi connectivity index (χ0v) is 8.42. The molecule has 1 atom stereocenters. The summed E-state index contributed by atoms with van der Waals surface area (Å²) in [6, 6.07) is -1.08. The number of aliphatic carboxylic acids is 2. The summed E-state index contributed by atoms with van der Waals surface area (Å²) in [5.41, 5.74) is 5.36. The number of nitrogens with two attached hydrogens (primary N) is 1. The lowest BCUT2D eigenvalue weighted by Gasteiger charge is -2.21. The Hall–Kier alpha value is -2.07. The highest BCUT2D eigenvalue weighted by atomic mass is 16.4. The quantitative estimate of drug-likeness (QED) is 0.467. The largest absolute Gasteiger partial charge is 0.480 e. The number of carboxylic acids is 2. The van der Waals surface area contributed by atoms with E-state index in [9.17, 15) is 14.4 Å². The molecule has 1 amide bonds. The molecule has 1 unspecified atom stereocenters. The summed E-state index contributed by atoms with van der Waals surface area (Å²) in [4.78, 5) is 32.9. The van der Waals surface area contributed by atoms with E-state index in [0.717, 1.165) is 0 Å². The number of rotatable bonds is 6. The minimum Gasteiger partial charge on any atom is -0.480 e. The fourth-order valence-electron chi connectivity index (χ4n) is 0.987. The SMILES string of the molecule is C#CCC(N)C(=O)N(CC(=O)O)CC(=O)O. The van der Waals surface area contributed by atoms with E-state index in [1.807, 2.05) is 0 Å². The molecule has 0 aromatic rings. The molecule has 0 heterocycles. The molecule has 0 radical (unpaired) electrons. The third-order valence-corrected chi connectivity index (χ3v) is 1.62. The number of carboxylic acid groups (broad SMARTS) is 2. The topological polar surface area (TPSA) is 121 Å². The number of carbonyl (C=O) groups is 3. The maximum absolute atomic E-state index is 11.5. The number of hydrogen-bond acceptors (Lipinski definition) is 4. The van der Waals surface area contributed by atoms with Crippen LogP contribution >= 0.6 is 0 Å². The van der Waals surface area contributed by atoms with Gasteiger partial charge in [0, 0.05) is 6.42 Å². The van der Waals surface area contributed by atoms with Crippen molar-refractivity contribution in [2.24, 2.45) is 5.73 Å². The van der Waals surface area contributed by atoms with E-state index < -0.39 is 37.0 Å². The third-order valence-electron chi connectivity index (χ3n) is 1.62. The maximum atomic E-state index is 11.5. The van der Waals surface area contributed by atoms with Crippen molar-refractivity contribution in [1.82, 2.24) is 4.90 Å². The Bertz CT molecular complexity index is 317. The molecule has 0 aromatic heterocycles. The Morgan fingerprint density at radius 1 is 1.25 bits per heavy atom. The zero-order chi connectivity index (χ0) is 12.7. The molecule has 0 spiro atoms. The van der Waals surface area contributed by atoms with Crippen molar-refractivity contribution in [3.63, 3.8) is 0 Å². The van der Waals surface area contributed by atoms with E-state index in [-0.39, 0.29) is 6.42 Å². The minimum atomic E-state index is -1.32. The van der Waals surface area contributed by atoms with Gasteiger partial charge in [0.15, 0.2) is 0 Å². The second-order valence-electron chi connectivity index (χ2n) is 3.00. The molecule has 7 heteroatoms. The second-order valence-corrected chi connectivity index (χ2v) is 3.00. The normalized spacial score (nSPS) is 11.2. The highest BCUT2D eigenvalue weighted by Gasteiger charge is 2.24. The van der Waals surface area contributed by atoms with Gasteiger partial charge in [-0.1, -0.05) is 0 Å². The third kappa shape index (κ3) is 4.97. The second kappa shape index (κ2) is 6.42. The molecule has 0 aliphatic heterocycles. The van der Waals surface area contributed by atoms with Crippen LogP contribution in [0.15, 0.2) is 0 Å². The van der Waals surface area contributed by atoms with Crippen molar-refractivity contribution in [1.29, 1.82) is 0 Å². The van der Waals surface area contributed by atoms with Gasteiger partial charge in [-0.05, 0) is 0 Å². The van der Waals surface area contributed by atoms with Gasteiger partial charge in [0.25, 0.3) is 0 Å². The van der Waals surface area contributed by atoms with E-state index in [1.54, 1.807) is 0 Å². The lowest BCUT2D eigenvalue weighted by molar-refractivity contribution is -0.149. The fraction of sp³-hybridized carbons (Fsp3) is 0.444. The molecule has 0 saturated carbocycles. The summed E-state index contributed by atoms with van der Waals surface area (Å²) in [5.74, 6) is -1.28. The zero-order valence-electron chi connectivity index (χ0n) is 8.42. The van der Waals surface area contributed by atoms with Crippen LogP contribution in [0.2, 0.25) is 0 Å². The van der Waals surface area contributed by atoms with Crippen LogP contribution in [0.4, 0.5) is 0 Å². The molecule has 0 fully saturated rings. The molecule has 0 bridgehead atoms. The predicted molar refractivity (Wildman–Crippen MR) is 53.3 cm³/mol. The molecular weight excluding hydrogens is 216 g/mol. The van der Waals surface area contributed by atoms with Crippen molar-refractivity contribution in [3.8, 4) is 12.3 Å². The van der Waals surface area contributed by atoms with Crippen LogP contribution in [-0.4, -0.2) is 52.1 Å². The molecule has 7 nitrogen and oxygen atoms in total. The molecule has 88 valence electrons. The van der Waals surface area contributed by atoms with Crippen molar-refractivity contribution >= 4 is 17.8 Å². The van der Waals surface area contributed by atoms with Crippen LogP contribution in [0.3, 0.4) is 0 Å². The van der Waals surface area contributed by atoms with E-state index in [1.165, 1.54) is 0 Å². The number of carbonyl (C=O) groups excluding carboxylic acids is 1. The van der Waals surface area contributed by atoms with Gasteiger partial charge in [0.05, 0.1) is 6.04 Å². The van der Waals surface area contributed by atoms with Crippen molar-refractivity contribution < 1.29 is 24.6 Å². The average Bonchev–Trinajstić information content (AvgIpc) is 2.14. The first-order valence-electron chi connectivity index (χ1n) is 4.30. The van der Waals surface area contributed by atoms with Gasteiger partial charge in [0.1, 0.15) is 13.1 Å². The van der Waals surface area contributed by atoms with E-state index in [0.29, 0.717) is 4.90 Å². The maximum Gasteiger partial charge on any atom is 0.323 e. The van der Waals surface area contributed by atoms with E-state index in [2.05, 4.69) is 5.92 Å². The van der Waals surface area contributed by atoms with Crippen LogP contribution in [0.5, 0.6) is 0 Å². The van der Waals surface area contributed by atoms with Gasteiger partial charge in [-0.25, -0.2) is 0 Å². The Kier molecular flexibility index (Phi) is 5.59. The van der Waals surface area contributed by atoms with E-state index >= 15 is 0 Å². The summed E-state index contributed by atoms with van der Waals surface area (Å²) in [5, 5.41) is 17.0. The monoisotopic (exact) mass is 228 g/mol. The number of nitrogens with zero attached hydrogens (tertiary/aromatic N) is 1. The summed E-state index contributed by atoms with van der Waals surface area (Å²) >= 11 is 0. The highest BCUT2D eigenvalue weighted by molar-refractivity contribution is 5.88. The first-order chi connectivity index (χ1) is 7.38. The predicted octanol–water partition coefficient (Wildman–Crippen LogP) is -1.67. The molecular formula is C9H12N2O5. The van der Waals surface area contributed by atoms with Crippen LogP contribution in [0, 0.1) is 12.3 Å². The van der Waals surface area contributed by atoms with Gasteiger partial charge in [-0.3, -0.25) is 14.4 Å². The molecule has 0 aromatic carbocycles. The molecule has 4 N–H and O–H groups in total. The average molecular weight is 228 g/mol. The first kappa shape index (κ1) is 13.9. The van der Waals surface area contributed by atoms with E-state index in [4.69, 9.17) is 22.4 Å². The Balaban J connectivity index is 4.61. The summed E-state index contributed by atoms with van der Waals surface area (Å²) in [7, 11) is 0. The summed E-state index contributed by atoms with van der Waals surface area (Å²) < 4.78 is 0. The molecule has 0 aliphatic rings. The van der Waals surface area contributed by atoms with Crippen LogP contribution in [0.25, 0.3) is 0 Å². The minimum absolute atomic E-state index is 0.0748. The summed E-state index contributed by atoms with van der Waals surface area (Å²) in [6.45, 7) is -1.44. The lowest BCUT2D eigenvalue weighted by Crippen LogP contribution is -2.47. The van der Waals surface area contributed by atoms with Gasteiger partial charge >= 0.3 is 11.9 Å². The van der Waals surface area contributed by atoms with Crippen molar-refractivity contribution in [2.75, 3.05) is 13.1 Å².